The molecule has 0 spiro atoms. The summed E-state index contributed by atoms with van der Waals surface area (Å²) in [5.41, 5.74) is 3.03. The second-order valence-corrected chi connectivity index (χ2v) is 7.27. The van der Waals surface area contributed by atoms with Crippen LogP contribution < -0.4 is 15.6 Å². The number of pyridine rings is 1. The summed E-state index contributed by atoms with van der Waals surface area (Å²) >= 11 is 0. The van der Waals surface area contributed by atoms with Gasteiger partial charge in [0.25, 0.3) is 5.56 Å². The molecule has 2 aromatic heterocycles. The van der Waals surface area contributed by atoms with E-state index in [4.69, 9.17) is 4.74 Å². The van der Waals surface area contributed by atoms with Crippen LogP contribution in [-0.4, -0.2) is 27.6 Å². The lowest BCUT2D eigenvalue weighted by molar-refractivity contribution is -0.119. The third-order valence-electron chi connectivity index (χ3n) is 5.43. The number of aryl methyl sites for hydroxylation is 2. The summed E-state index contributed by atoms with van der Waals surface area (Å²) in [6.45, 7) is 1.88. The van der Waals surface area contributed by atoms with Gasteiger partial charge in [0.05, 0.1) is 12.5 Å². The molecule has 1 aromatic carbocycles. The highest BCUT2D eigenvalue weighted by Gasteiger charge is 2.22. The number of carbonyl (C=O) groups excluding carboxylic acids is 1. The molecule has 0 bridgehead atoms. The Balaban J connectivity index is 1.66. The van der Waals surface area contributed by atoms with Crippen LogP contribution in [0.2, 0.25) is 0 Å². The van der Waals surface area contributed by atoms with E-state index in [0.717, 1.165) is 36.9 Å². The van der Waals surface area contributed by atoms with Gasteiger partial charge in [-0.15, -0.1) is 0 Å². The number of rotatable bonds is 5. The van der Waals surface area contributed by atoms with Crippen LogP contribution in [0.15, 0.2) is 41.5 Å². The van der Waals surface area contributed by atoms with E-state index in [9.17, 15) is 9.59 Å². The van der Waals surface area contributed by atoms with Crippen LogP contribution in [0.4, 0.5) is 5.69 Å². The summed E-state index contributed by atoms with van der Waals surface area (Å²) in [6.07, 6.45) is 5.99. The molecule has 0 radical (unpaired) electrons. The van der Waals surface area contributed by atoms with Crippen LogP contribution >= 0.6 is 0 Å². The Hall–Kier alpha value is -3.22. The summed E-state index contributed by atoms with van der Waals surface area (Å²) in [6, 6.07) is 8.33. The minimum Gasteiger partial charge on any atom is -0.497 e. The molecule has 1 amide bonds. The number of benzene rings is 1. The Kier molecular flexibility index (Phi) is 5.29. The molecule has 1 N–H and O–H groups in total. The number of hydrogen-bond donors (Lipinski definition) is 1. The molecular formula is C22H24N4O3. The van der Waals surface area contributed by atoms with Crippen LogP contribution in [0, 0.1) is 0 Å². The first-order chi connectivity index (χ1) is 14.1. The SMILES string of the molecule is CC[C@H](C(=O)Nc1ccc(OC)cc1)n1cnc2nc3c(cc2c1=O)CCCC3. The summed E-state index contributed by atoms with van der Waals surface area (Å²) < 4.78 is 6.55. The molecule has 7 heteroatoms. The van der Waals surface area contributed by atoms with E-state index in [0.29, 0.717) is 28.9 Å². The number of carbonyl (C=O) groups is 1. The van der Waals surface area contributed by atoms with Crippen molar-refractivity contribution in [1.82, 2.24) is 14.5 Å². The van der Waals surface area contributed by atoms with Crippen molar-refractivity contribution in [3.8, 4) is 5.75 Å². The third kappa shape index (κ3) is 3.72. The smallest absolute Gasteiger partial charge is 0.263 e. The highest BCUT2D eigenvalue weighted by atomic mass is 16.5. The molecule has 3 aromatic rings. The first kappa shape index (κ1) is 19.1. The van der Waals surface area contributed by atoms with Crippen LogP contribution in [0.1, 0.15) is 43.5 Å². The maximum atomic E-state index is 13.1. The first-order valence-electron chi connectivity index (χ1n) is 9.95. The molecule has 0 unspecified atom stereocenters. The lowest BCUT2D eigenvalue weighted by Gasteiger charge is -2.19. The first-order valence-corrected chi connectivity index (χ1v) is 9.95. The monoisotopic (exact) mass is 392 g/mol. The highest BCUT2D eigenvalue weighted by Crippen LogP contribution is 2.22. The van der Waals surface area contributed by atoms with E-state index in [1.807, 2.05) is 13.0 Å². The number of nitrogens with zero attached hydrogens (tertiary/aromatic N) is 3. The number of anilines is 1. The molecule has 1 atom stereocenters. The Labute approximate surface area is 168 Å². The van der Waals surface area contributed by atoms with Gasteiger partial charge in [0.1, 0.15) is 18.1 Å². The van der Waals surface area contributed by atoms with Gasteiger partial charge in [0.2, 0.25) is 5.91 Å². The maximum absolute atomic E-state index is 13.1. The van der Waals surface area contributed by atoms with Gasteiger partial charge in [-0.25, -0.2) is 9.97 Å². The molecule has 1 aliphatic carbocycles. The van der Waals surface area contributed by atoms with E-state index in [2.05, 4.69) is 15.3 Å². The lowest BCUT2D eigenvalue weighted by Crippen LogP contribution is -2.33. The molecule has 29 heavy (non-hydrogen) atoms. The van der Waals surface area contributed by atoms with Gasteiger partial charge in [-0.3, -0.25) is 14.2 Å². The number of ether oxygens (including phenoxy) is 1. The molecule has 7 nitrogen and oxygen atoms in total. The molecule has 4 rings (SSSR count). The predicted molar refractivity (Wildman–Crippen MR) is 111 cm³/mol. The van der Waals surface area contributed by atoms with Crippen molar-refractivity contribution >= 4 is 22.6 Å². The lowest BCUT2D eigenvalue weighted by atomic mass is 9.95. The zero-order chi connectivity index (χ0) is 20.4. The van der Waals surface area contributed by atoms with Gasteiger partial charge in [-0.1, -0.05) is 6.92 Å². The van der Waals surface area contributed by atoms with Crippen molar-refractivity contribution < 1.29 is 9.53 Å². The van der Waals surface area contributed by atoms with Crippen LogP contribution in [0.3, 0.4) is 0 Å². The standard InChI is InChI=1S/C22H24N4O3/c1-3-19(21(27)24-15-8-10-16(29-2)11-9-15)26-13-23-20-17(22(26)28)12-14-6-4-5-7-18(14)25-20/h8-13,19H,3-7H2,1-2H3,(H,24,27)/t19-/m1/s1. The fraction of sp³-hybridized carbons (Fsp3) is 0.364. The van der Waals surface area contributed by atoms with E-state index in [-0.39, 0.29) is 11.5 Å². The van der Waals surface area contributed by atoms with Crippen molar-refractivity contribution in [2.75, 3.05) is 12.4 Å². The maximum Gasteiger partial charge on any atom is 0.263 e. The third-order valence-corrected chi connectivity index (χ3v) is 5.43. The van der Waals surface area contributed by atoms with Gasteiger partial charge in [0.15, 0.2) is 5.65 Å². The summed E-state index contributed by atoms with van der Waals surface area (Å²) in [4.78, 5) is 35.0. The van der Waals surface area contributed by atoms with E-state index in [1.54, 1.807) is 31.4 Å². The Morgan fingerprint density at radius 3 is 2.72 bits per heavy atom. The largest absolute Gasteiger partial charge is 0.497 e. The molecule has 2 heterocycles. The van der Waals surface area contributed by atoms with Crippen LogP contribution in [0.5, 0.6) is 5.75 Å². The molecule has 0 saturated carbocycles. The van der Waals surface area contributed by atoms with Crippen LogP contribution in [0.25, 0.3) is 11.0 Å². The second-order valence-electron chi connectivity index (χ2n) is 7.27. The van der Waals surface area contributed by atoms with Crippen molar-refractivity contribution in [3.63, 3.8) is 0 Å². The summed E-state index contributed by atoms with van der Waals surface area (Å²) in [5.74, 6) is 0.452. The number of aromatic nitrogens is 3. The topological polar surface area (TPSA) is 86.1 Å². The predicted octanol–water partition coefficient (Wildman–Crippen LogP) is 3.27. The fourth-order valence-electron chi connectivity index (χ4n) is 3.82. The zero-order valence-electron chi connectivity index (χ0n) is 16.6. The molecule has 0 aliphatic heterocycles. The molecule has 1 aliphatic rings. The molecule has 0 saturated heterocycles. The van der Waals surface area contributed by atoms with E-state index >= 15 is 0 Å². The second kappa shape index (κ2) is 8.03. The Morgan fingerprint density at radius 2 is 2.00 bits per heavy atom. The molecule has 150 valence electrons. The number of fused-ring (bicyclic) bond motifs is 2. The van der Waals surface area contributed by atoms with Gasteiger partial charge in [-0.05, 0) is 68.0 Å². The molecular weight excluding hydrogens is 368 g/mol. The quantitative estimate of drug-likeness (QED) is 0.720. The zero-order valence-corrected chi connectivity index (χ0v) is 16.6. The van der Waals surface area contributed by atoms with Gasteiger partial charge in [0, 0.05) is 11.4 Å². The van der Waals surface area contributed by atoms with E-state index < -0.39 is 6.04 Å². The highest BCUT2D eigenvalue weighted by molar-refractivity contribution is 5.94. The summed E-state index contributed by atoms with van der Waals surface area (Å²) in [7, 11) is 1.59. The average molecular weight is 392 g/mol. The number of hydrogen-bond acceptors (Lipinski definition) is 5. The number of nitrogens with one attached hydrogen (secondary N) is 1. The average Bonchev–Trinajstić information content (AvgIpc) is 2.75. The number of methoxy groups -OCH3 is 1. The van der Waals surface area contributed by atoms with Crippen molar-refractivity contribution in [3.05, 3.63) is 58.3 Å². The van der Waals surface area contributed by atoms with Gasteiger partial charge >= 0.3 is 0 Å². The Morgan fingerprint density at radius 1 is 1.24 bits per heavy atom. The van der Waals surface area contributed by atoms with Gasteiger partial charge in [-0.2, -0.15) is 0 Å². The summed E-state index contributed by atoms with van der Waals surface area (Å²) in [5, 5.41) is 3.35. The fourth-order valence-corrected chi connectivity index (χ4v) is 3.82. The van der Waals surface area contributed by atoms with E-state index in [1.165, 1.54) is 10.9 Å². The van der Waals surface area contributed by atoms with Crippen LogP contribution in [-0.2, 0) is 17.6 Å². The van der Waals surface area contributed by atoms with Crippen molar-refractivity contribution in [2.45, 2.75) is 45.1 Å². The van der Waals surface area contributed by atoms with Crippen molar-refractivity contribution in [2.24, 2.45) is 0 Å². The van der Waals surface area contributed by atoms with Crippen molar-refractivity contribution in [1.29, 1.82) is 0 Å². The minimum atomic E-state index is -0.655. The minimum absolute atomic E-state index is 0.229. The number of amides is 1. The normalized spacial score (nSPS) is 14.3. The molecule has 0 fully saturated rings. The van der Waals surface area contributed by atoms with Gasteiger partial charge < -0.3 is 10.1 Å². The Bertz CT molecular complexity index is 1110.